The highest BCUT2D eigenvalue weighted by Gasteiger charge is 2.19. The van der Waals surface area contributed by atoms with E-state index in [0.29, 0.717) is 0 Å². The van der Waals surface area contributed by atoms with E-state index in [4.69, 9.17) is 11.6 Å². The van der Waals surface area contributed by atoms with Gasteiger partial charge in [-0.1, -0.05) is 11.6 Å². The second kappa shape index (κ2) is 4.35. The van der Waals surface area contributed by atoms with Gasteiger partial charge in [-0.2, -0.15) is 0 Å². The standard InChI is InChI=1S/C14H17ClN2/c1-17-9-10(6-7-16-12-3-4-12)13-8-11(15)2-5-14(13)17/h2,5,8-9,12,16H,3-4,6-7H2,1H3. The lowest BCUT2D eigenvalue weighted by Crippen LogP contribution is -2.19. The van der Waals surface area contributed by atoms with Crippen LogP contribution in [0.2, 0.25) is 5.02 Å². The Hall–Kier alpha value is -0.990. The molecule has 2 aromatic rings. The molecule has 0 atom stereocenters. The molecule has 2 nitrogen and oxygen atoms in total. The first-order chi connectivity index (χ1) is 8.24. The molecule has 0 saturated heterocycles. The van der Waals surface area contributed by atoms with Crippen LogP contribution in [0.5, 0.6) is 0 Å². The highest BCUT2D eigenvalue weighted by atomic mass is 35.5. The fourth-order valence-electron chi connectivity index (χ4n) is 2.34. The van der Waals surface area contributed by atoms with Crippen molar-refractivity contribution < 1.29 is 0 Å². The Kier molecular flexibility index (Phi) is 2.85. The van der Waals surface area contributed by atoms with Crippen molar-refractivity contribution in [1.82, 2.24) is 9.88 Å². The van der Waals surface area contributed by atoms with Crippen molar-refractivity contribution in [3.63, 3.8) is 0 Å². The van der Waals surface area contributed by atoms with E-state index in [1.807, 2.05) is 6.07 Å². The van der Waals surface area contributed by atoms with E-state index in [1.165, 1.54) is 29.3 Å². The average Bonchev–Trinajstić information content (AvgIpc) is 3.06. The fourth-order valence-corrected chi connectivity index (χ4v) is 2.52. The number of nitrogens with one attached hydrogen (secondary N) is 1. The van der Waals surface area contributed by atoms with E-state index >= 15 is 0 Å². The highest BCUT2D eigenvalue weighted by molar-refractivity contribution is 6.31. The summed E-state index contributed by atoms with van der Waals surface area (Å²) in [7, 11) is 2.09. The van der Waals surface area contributed by atoms with E-state index in [2.05, 4.69) is 35.3 Å². The summed E-state index contributed by atoms with van der Waals surface area (Å²) in [5, 5.41) is 5.66. The molecule has 17 heavy (non-hydrogen) atoms. The molecule has 1 aromatic heterocycles. The van der Waals surface area contributed by atoms with Gasteiger partial charge in [0.05, 0.1) is 0 Å². The van der Waals surface area contributed by atoms with Crippen molar-refractivity contribution in [3.8, 4) is 0 Å². The van der Waals surface area contributed by atoms with E-state index in [1.54, 1.807) is 0 Å². The van der Waals surface area contributed by atoms with Crippen LogP contribution in [0.4, 0.5) is 0 Å². The van der Waals surface area contributed by atoms with Gasteiger partial charge in [0.25, 0.3) is 0 Å². The third kappa shape index (κ3) is 2.33. The maximum Gasteiger partial charge on any atom is 0.0481 e. The maximum absolute atomic E-state index is 6.07. The predicted octanol–water partition coefficient (Wildman–Crippen LogP) is 3.13. The molecule has 0 bridgehead atoms. The van der Waals surface area contributed by atoms with Crippen LogP contribution in [0.3, 0.4) is 0 Å². The molecule has 0 aliphatic heterocycles. The van der Waals surface area contributed by atoms with Crippen LogP contribution in [0.15, 0.2) is 24.4 Å². The third-order valence-electron chi connectivity index (χ3n) is 3.44. The lowest BCUT2D eigenvalue weighted by molar-refractivity contribution is 0.682. The average molecular weight is 249 g/mol. The summed E-state index contributed by atoms with van der Waals surface area (Å²) in [6, 6.07) is 6.91. The zero-order valence-corrected chi connectivity index (χ0v) is 10.8. The molecule has 1 heterocycles. The van der Waals surface area contributed by atoms with Crippen LogP contribution in [0, 0.1) is 0 Å². The van der Waals surface area contributed by atoms with Gasteiger partial charge in [-0.05, 0) is 49.6 Å². The first-order valence-electron chi connectivity index (χ1n) is 6.21. The van der Waals surface area contributed by atoms with Gasteiger partial charge in [0.1, 0.15) is 0 Å². The van der Waals surface area contributed by atoms with E-state index in [0.717, 1.165) is 24.0 Å². The molecule has 1 fully saturated rings. The number of rotatable bonds is 4. The van der Waals surface area contributed by atoms with E-state index in [-0.39, 0.29) is 0 Å². The largest absolute Gasteiger partial charge is 0.350 e. The zero-order chi connectivity index (χ0) is 11.8. The Morgan fingerprint density at radius 2 is 2.24 bits per heavy atom. The Bertz CT molecular complexity index is 540. The molecule has 1 aromatic carbocycles. The SMILES string of the molecule is Cn1cc(CCNC2CC2)c2cc(Cl)ccc21. The van der Waals surface area contributed by atoms with Crippen molar-refractivity contribution in [1.29, 1.82) is 0 Å². The van der Waals surface area contributed by atoms with Crippen molar-refractivity contribution in [2.45, 2.75) is 25.3 Å². The smallest absolute Gasteiger partial charge is 0.0481 e. The molecule has 1 aliphatic rings. The van der Waals surface area contributed by atoms with Crippen molar-refractivity contribution >= 4 is 22.5 Å². The molecule has 1 N–H and O–H groups in total. The molecule has 0 amide bonds. The van der Waals surface area contributed by atoms with Crippen LogP contribution in [-0.2, 0) is 13.5 Å². The summed E-state index contributed by atoms with van der Waals surface area (Å²) in [6.07, 6.45) is 5.99. The van der Waals surface area contributed by atoms with Crippen molar-refractivity contribution in [2.75, 3.05) is 6.54 Å². The zero-order valence-electron chi connectivity index (χ0n) is 10.0. The van der Waals surface area contributed by atoms with Crippen LogP contribution in [0.1, 0.15) is 18.4 Å². The summed E-state index contributed by atoms with van der Waals surface area (Å²) in [5.41, 5.74) is 2.65. The lowest BCUT2D eigenvalue weighted by atomic mass is 10.1. The Morgan fingerprint density at radius 1 is 1.41 bits per heavy atom. The fraction of sp³-hybridized carbons (Fsp3) is 0.429. The van der Waals surface area contributed by atoms with Gasteiger partial charge in [0, 0.05) is 35.2 Å². The Morgan fingerprint density at radius 3 is 3.00 bits per heavy atom. The number of aryl methyl sites for hydroxylation is 1. The first-order valence-corrected chi connectivity index (χ1v) is 6.58. The van der Waals surface area contributed by atoms with Gasteiger partial charge in [0.15, 0.2) is 0 Å². The summed E-state index contributed by atoms with van der Waals surface area (Å²) in [5.74, 6) is 0. The predicted molar refractivity (Wildman–Crippen MR) is 72.7 cm³/mol. The lowest BCUT2D eigenvalue weighted by Gasteiger charge is -2.01. The highest BCUT2D eigenvalue weighted by Crippen LogP contribution is 2.25. The molecule has 3 heteroatoms. The molecule has 0 spiro atoms. The van der Waals surface area contributed by atoms with Gasteiger partial charge in [-0.3, -0.25) is 0 Å². The normalized spacial score (nSPS) is 15.6. The Balaban J connectivity index is 1.83. The van der Waals surface area contributed by atoms with Gasteiger partial charge in [-0.15, -0.1) is 0 Å². The van der Waals surface area contributed by atoms with Gasteiger partial charge in [0.2, 0.25) is 0 Å². The second-order valence-corrected chi connectivity index (χ2v) is 5.34. The van der Waals surface area contributed by atoms with Gasteiger partial charge < -0.3 is 9.88 Å². The molecule has 3 rings (SSSR count). The monoisotopic (exact) mass is 248 g/mol. The molecule has 0 unspecified atom stereocenters. The first kappa shape index (κ1) is 11.1. The minimum atomic E-state index is 0.786. The number of halogens is 1. The molecule has 1 aliphatic carbocycles. The van der Waals surface area contributed by atoms with Crippen molar-refractivity contribution in [3.05, 3.63) is 35.0 Å². The maximum atomic E-state index is 6.07. The molecule has 0 radical (unpaired) electrons. The minimum Gasteiger partial charge on any atom is -0.350 e. The van der Waals surface area contributed by atoms with Crippen LogP contribution < -0.4 is 5.32 Å². The molecule has 1 saturated carbocycles. The van der Waals surface area contributed by atoms with E-state index in [9.17, 15) is 0 Å². The topological polar surface area (TPSA) is 17.0 Å². The summed E-state index contributed by atoms with van der Waals surface area (Å²) in [4.78, 5) is 0. The number of hydrogen-bond donors (Lipinski definition) is 1. The summed E-state index contributed by atoms with van der Waals surface area (Å²) < 4.78 is 2.18. The molecular weight excluding hydrogens is 232 g/mol. The number of benzene rings is 1. The number of aromatic nitrogens is 1. The van der Waals surface area contributed by atoms with Gasteiger partial charge >= 0.3 is 0 Å². The minimum absolute atomic E-state index is 0.786. The van der Waals surface area contributed by atoms with Crippen LogP contribution in [0.25, 0.3) is 10.9 Å². The van der Waals surface area contributed by atoms with Crippen LogP contribution >= 0.6 is 11.6 Å². The molecular formula is C14H17ClN2. The Labute approximate surface area is 107 Å². The number of nitrogens with zero attached hydrogens (tertiary/aromatic N) is 1. The quantitative estimate of drug-likeness (QED) is 0.880. The van der Waals surface area contributed by atoms with Crippen molar-refractivity contribution in [2.24, 2.45) is 7.05 Å². The summed E-state index contributed by atoms with van der Waals surface area (Å²) in [6.45, 7) is 1.07. The van der Waals surface area contributed by atoms with E-state index < -0.39 is 0 Å². The second-order valence-electron chi connectivity index (χ2n) is 4.91. The number of hydrogen-bond acceptors (Lipinski definition) is 1. The summed E-state index contributed by atoms with van der Waals surface area (Å²) >= 11 is 6.07. The number of fused-ring (bicyclic) bond motifs is 1. The van der Waals surface area contributed by atoms with Gasteiger partial charge in [-0.25, -0.2) is 0 Å². The third-order valence-corrected chi connectivity index (χ3v) is 3.67. The van der Waals surface area contributed by atoms with Crippen LogP contribution in [-0.4, -0.2) is 17.2 Å². The molecule has 90 valence electrons.